The van der Waals surface area contributed by atoms with E-state index in [9.17, 15) is 9.67 Å². The van der Waals surface area contributed by atoms with Gasteiger partial charge in [0, 0.05) is 15.9 Å². The second kappa shape index (κ2) is 6.15. The minimum atomic E-state index is -3.07. The van der Waals surface area contributed by atoms with Crippen LogP contribution in [-0.4, -0.2) is 11.2 Å². The molecule has 1 aliphatic heterocycles. The van der Waals surface area contributed by atoms with Crippen molar-refractivity contribution in [1.29, 1.82) is 0 Å². The number of aliphatic hydroxyl groups excluding tert-OH is 1. The summed E-state index contributed by atoms with van der Waals surface area (Å²) in [6.45, 7) is 1.71. The van der Waals surface area contributed by atoms with Crippen LogP contribution in [0.1, 0.15) is 18.1 Å². The Morgan fingerprint density at radius 1 is 0.800 bits per heavy atom. The average molecular weight is 346 g/mol. The first kappa shape index (κ1) is 16.1. The molecule has 0 aromatic heterocycles. The molecule has 0 spiro atoms. The Morgan fingerprint density at radius 2 is 1.36 bits per heavy atom. The zero-order chi connectivity index (χ0) is 17.4. The average Bonchev–Trinajstić information content (AvgIpc) is 2.94. The lowest BCUT2D eigenvalue weighted by Crippen LogP contribution is -2.19. The summed E-state index contributed by atoms with van der Waals surface area (Å²) in [7, 11) is -3.07. The van der Waals surface area contributed by atoms with Crippen molar-refractivity contribution >= 4 is 23.3 Å². The molecule has 1 heterocycles. The van der Waals surface area contributed by atoms with Gasteiger partial charge in [-0.2, -0.15) is 0 Å². The Bertz CT molecular complexity index is 989. The van der Waals surface area contributed by atoms with Crippen LogP contribution in [0.25, 0.3) is 5.57 Å². The van der Waals surface area contributed by atoms with Gasteiger partial charge in [-0.25, -0.2) is 0 Å². The quantitative estimate of drug-likeness (QED) is 0.723. The molecular formula is C22H19O2P. The van der Waals surface area contributed by atoms with Crippen molar-refractivity contribution < 1.29 is 9.67 Å². The van der Waals surface area contributed by atoms with E-state index in [4.69, 9.17) is 0 Å². The van der Waals surface area contributed by atoms with Gasteiger partial charge < -0.3 is 9.67 Å². The standard InChI is InChI=1S/C22H19O2P/c1-16(23)22-21(17-10-4-2-5-11-17)19-14-8-9-15-20(19)25(22,24)18-12-6-3-7-13-18/h2-16,23H,1H3/t16-,25-/m1/s1. The number of fused-ring (bicyclic) bond motifs is 1. The van der Waals surface area contributed by atoms with Crippen LogP contribution in [0, 0.1) is 0 Å². The van der Waals surface area contributed by atoms with Gasteiger partial charge >= 0.3 is 0 Å². The summed E-state index contributed by atoms with van der Waals surface area (Å²) < 4.78 is 14.4. The van der Waals surface area contributed by atoms with Crippen LogP contribution in [-0.2, 0) is 4.57 Å². The molecule has 3 heteroatoms. The van der Waals surface area contributed by atoms with Crippen LogP contribution < -0.4 is 10.6 Å². The van der Waals surface area contributed by atoms with E-state index in [2.05, 4.69) is 0 Å². The third kappa shape index (κ3) is 2.41. The maximum Gasteiger partial charge on any atom is 0.170 e. The van der Waals surface area contributed by atoms with E-state index in [1.54, 1.807) is 6.92 Å². The molecule has 2 nitrogen and oxygen atoms in total. The molecule has 1 aliphatic rings. The first-order valence-electron chi connectivity index (χ1n) is 8.38. The van der Waals surface area contributed by atoms with Gasteiger partial charge in [0.1, 0.15) is 0 Å². The summed E-state index contributed by atoms with van der Waals surface area (Å²) in [4.78, 5) is 0. The molecular weight excluding hydrogens is 327 g/mol. The Balaban J connectivity index is 2.12. The first-order chi connectivity index (χ1) is 12.1. The highest BCUT2D eigenvalue weighted by Crippen LogP contribution is 2.62. The second-order valence-corrected chi connectivity index (χ2v) is 8.96. The minimum absolute atomic E-state index is 0.631. The van der Waals surface area contributed by atoms with Crippen molar-refractivity contribution in [3.05, 3.63) is 101 Å². The lowest BCUT2D eigenvalue weighted by molar-refractivity contribution is 0.240. The Labute approximate surface area is 147 Å². The van der Waals surface area contributed by atoms with E-state index in [0.717, 1.165) is 27.3 Å². The predicted octanol–water partition coefficient (Wildman–Crippen LogP) is 4.15. The first-order valence-corrected chi connectivity index (χ1v) is 10.1. The van der Waals surface area contributed by atoms with Gasteiger partial charge in [0.2, 0.25) is 0 Å². The molecule has 124 valence electrons. The van der Waals surface area contributed by atoms with Crippen molar-refractivity contribution in [1.82, 2.24) is 0 Å². The minimum Gasteiger partial charge on any atom is -0.389 e. The summed E-state index contributed by atoms with van der Waals surface area (Å²) in [6.07, 6.45) is -0.798. The van der Waals surface area contributed by atoms with Gasteiger partial charge in [0.25, 0.3) is 0 Å². The third-order valence-electron chi connectivity index (χ3n) is 4.69. The lowest BCUT2D eigenvalue weighted by Gasteiger charge is -2.21. The van der Waals surface area contributed by atoms with Crippen molar-refractivity contribution in [2.24, 2.45) is 0 Å². The molecule has 0 saturated heterocycles. The maximum absolute atomic E-state index is 14.4. The van der Waals surface area contributed by atoms with Gasteiger partial charge in [0.05, 0.1) is 6.10 Å². The van der Waals surface area contributed by atoms with E-state index < -0.39 is 13.2 Å². The third-order valence-corrected chi connectivity index (χ3v) is 8.06. The number of aliphatic hydroxyl groups is 1. The van der Waals surface area contributed by atoms with Crippen LogP contribution in [0.2, 0.25) is 0 Å². The molecule has 25 heavy (non-hydrogen) atoms. The van der Waals surface area contributed by atoms with Crippen molar-refractivity contribution in [3.63, 3.8) is 0 Å². The molecule has 0 saturated carbocycles. The molecule has 3 aromatic carbocycles. The summed E-state index contributed by atoms with van der Waals surface area (Å²) in [5.74, 6) is 0. The summed E-state index contributed by atoms with van der Waals surface area (Å²) >= 11 is 0. The Kier molecular flexibility index (Phi) is 3.95. The second-order valence-electron chi connectivity index (χ2n) is 6.26. The SMILES string of the molecule is C[C@@H](O)C1=C(c2ccccc2)c2ccccc2[P@]1(=O)c1ccccc1. The molecule has 3 aromatic rings. The fraction of sp³-hybridized carbons (Fsp3) is 0.0909. The van der Waals surface area contributed by atoms with E-state index in [0.29, 0.717) is 5.31 Å². The van der Waals surface area contributed by atoms with E-state index >= 15 is 0 Å². The monoisotopic (exact) mass is 346 g/mol. The summed E-state index contributed by atoms with van der Waals surface area (Å²) in [6, 6.07) is 27.2. The van der Waals surface area contributed by atoms with Crippen LogP contribution in [0.15, 0.2) is 90.2 Å². The predicted molar refractivity (Wildman–Crippen MR) is 104 cm³/mol. The lowest BCUT2D eigenvalue weighted by atomic mass is 9.97. The van der Waals surface area contributed by atoms with Crippen molar-refractivity contribution in [2.45, 2.75) is 13.0 Å². The van der Waals surface area contributed by atoms with Gasteiger partial charge in [-0.1, -0.05) is 84.9 Å². The van der Waals surface area contributed by atoms with Gasteiger partial charge in [0.15, 0.2) is 7.14 Å². The molecule has 4 rings (SSSR count). The molecule has 2 atom stereocenters. The molecule has 0 bridgehead atoms. The van der Waals surface area contributed by atoms with E-state index in [1.165, 1.54) is 0 Å². The number of benzene rings is 3. The highest BCUT2D eigenvalue weighted by molar-refractivity contribution is 7.83. The summed E-state index contributed by atoms with van der Waals surface area (Å²) in [5, 5.41) is 12.8. The van der Waals surface area contributed by atoms with Crippen LogP contribution in [0.5, 0.6) is 0 Å². The van der Waals surface area contributed by atoms with Gasteiger partial charge in [-0.3, -0.25) is 0 Å². The largest absolute Gasteiger partial charge is 0.389 e. The highest BCUT2D eigenvalue weighted by atomic mass is 31.2. The molecule has 0 amide bonds. The van der Waals surface area contributed by atoms with Gasteiger partial charge in [-0.05, 0) is 23.6 Å². The highest BCUT2D eigenvalue weighted by Gasteiger charge is 2.44. The smallest absolute Gasteiger partial charge is 0.170 e. The molecule has 1 N–H and O–H groups in total. The van der Waals surface area contributed by atoms with Crippen molar-refractivity contribution in [2.75, 3.05) is 0 Å². The number of hydrogen-bond donors (Lipinski definition) is 1. The summed E-state index contributed by atoms with van der Waals surface area (Å²) in [5.41, 5.74) is 2.84. The maximum atomic E-state index is 14.4. The fourth-order valence-corrected chi connectivity index (χ4v) is 7.00. The molecule has 0 radical (unpaired) electrons. The molecule has 0 unspecified atom stereocenters. The van der Waals surface area contributed by atoms with E-state index in [-0.39, 0.29) is 0 Å². The molecule has 0 aliphatic carbocycles. The number of rotatable bonds is 3. The number of hydrogen-bond acceptors (Lipinski definition) is 2. The van der Waals surface area contributed by atoms with Crippen LogP contribution in [0.4, 0.5) is 0 Å². The van der Waals surface area contributed by atoms with Crippen LogP contribution in [0.3, 0.4) is 0 Å². The van der Waals surface area contributed by atoms with Gasteiger partial charge in [-0.15, -0.1) is 0 Å². The Morgan fingerprint density at radius 3 is 2.00 bits per heavy atom. The van der Waals surface area contributed by atoms with Crippen LogP contribution >= 0.6 is 7.14 Å². The Hall–Kier alpha value is -2.41. The van der Waals surface area contributed by atoms with Crippen molar-refractivity contribution in [3.8, 4) is 0 Å². The normalized spacial score (nSPS) is 20.4. The van der Waals surface area contributed by atoms with E-state index in [1.807, 2.05) is 84.9 Å². The fourth-order valence-electron chi connectivity index (χ4n) is 3.68. The zero-order valence-corrected chi connectivity index (χ0v) is 14.9. The zero-order valence-electron chi connectivity index (χ0n) is 14.0. The topological polar surface area (TPSA) is 37.3 Å². The molecule has 0 fully saturated rings.